The second-order valence-electron chi connectivity index (χ2n) is 2.81. The van der Waals surface area contributed by atoms with Crippen molar-refractivity contribution >= 4 is 10.9 Å². The van der Waals surface area contributed by atoms with Gasteiger partial charge in [0, 0.05) is 5.52 Å². The van der Waals surface area contributed by atoms with Crippen LogP contribution in [0.25, 0.3) is 10.9 Å². The van der Waals surface area contributed by atoms with Crippen molar-refractivity contribution in [3.05, 3.63) is 30.5 Å². The molecule has 4 heteroatoms. The Morgan fingerprint density at radius 3 is 2.67 bits per heavy atom. The van der Waals surface area contributed by atoms with Crippen LogP contribution in [0.15, 0.2) is 24.4 Å². The maximum Gasteiger partial charge on any atom is 1.00 e. The third-order valence-electron chi connectivity index (χ3n) is 2.06. The summed E-state index contributed by atoms with van der Waals surface area (Å²) in [7, 11) is 3.22. The molecule has 0 bridgehead atoms. The molecule has 1 heterocycles. The normalized spacial score (nSPS) is 9.47. The minimum absolute atomic E-state index is 0. The minimum atomic E-state index is 0. The Bertz CT molecular complexity index is 459. The van der Waals surface area contributed by atoms with Gasteiger partial charge < -0.3 is 9.47 Å². The van der Waals surface area contributed by atoms with Gasteiger partial charge in [0.2, 0.25) is 0 Å². The van der Waals surface area contributed by atoms with Gasteiger partial charge in [0.1, 0.15) is 0 Å². The Morgan fingerprint density at radius 2 is 2.00 bits per heavy atom. The number of benzene rings is 1. The smallest absolute Gasteiger partial charge is 0.493 e. The van der Waals surface area contributed by atoms with Crippen molar-refractivity contribution < 1.29 is 28.3 Å². The molecule has 0 spiro atoms. The number of hydrogen-bond acceptors (Lipinski definition) is 3. The second kappa shape index (κ2) is 5.06. The molecule has 1 aromatic carbocycles. The molecule has 0 aliphatic carbocycles. The number of fused-ring (bicyclic) bond motifs is 1. The van der Waals surface area contributed by atoms with Crippen LogP contribution in [-0.2, 0) is 0 Å². The molecule has 2 rings (SSSR count). The van der Waals surface area contributed by atoms with Crippen molar-refractivity contribution in [2.45, 2.75) is 0 Å². The van der Waals surface area contributed by atoms with E-state index in [1.165, 1.54) is 0 Å². The number of methoxy groups -OCH3 is 2. The monoisotopic (exact) mass is 195 g/mol. The van der Waals surface area contributed by atoms with Gasteiger partial charge in [-0.3, -0.25) is 4.98 Å². The molecule has 0 amide bonds. The first-order chi connectivity index (χ1) is 6.86. The number of aromatic nitrogens is 1. The average molecular weight is 195 g/mol. The van der Waals surface area contributed by atoms with Crippen LogP contribution in [0.3, 0.4) is 0 Å². The molecule has 0 saturated carbocycles. The molecule has 1 aromatic heterocycles. The number of nitrogens with zero attached hydrogens (tertiary/aromatic N) is 1. The summed E-state index contributed by atoms with van der Waals surface area (Å²) in [6, 6.07) is 8.57. The van der Waals surface area contributed by atoms with E-state index in [2.05, 4.69) is 11.1 Å². The zero-order valence-electron chi connectivity index (χ0n) is 9.07. The summed E-state index contributed by atoms with van der Waals surface area (Å²) in [6.45, 7) is 0. The number of pyridine rings is 1. The molecule has 0 unspecified atom stereocenters. The molecule has 0 radical (unpaired) electrons. The number of rotatable bonds is 2. The molecule has 0 saturated heterocycles. The Hall–Kier alpha value is -1.17. The number of hydrogen-bond donors (Lipinski definition) is 0. The summed E-state index contributed by atoms with van der Waals surface area (Å²) < 4.78 is 10.4. The van der Waals surface area contributed by atoms with Crippen molar-refractivity contribution in [2.75, 3.05) is 14.2 Å². The van der Waals surface area contributed by atoms with E-state index in [1.54, 1.807) is 20.4 Å². The van der Waals surface area contributed by atoms with E-state index < -0.39 is 0 Å². The molecule has 0 fully saturated rings. The average Bonchev–Trinajstić information content (AvgIpc) is 2.27. The number of ether oxygens (including phenoxy) is 2. The first-order valence-corrected chi connectivity index (χ1v) is 4.23. The van der Waals surface area contributed by atoms with E-state index in [4.69, 9.17) is 9.47 Å². The van der Waals surface area contributed by atoms with Gasteiger partial charge >= 0.3 is 18.9 Å². The molecular weight excluding hydrogens is 185 g/mol. The van der Waals surface area contributed by atoms with Gasteiger partial charge in [-0.25, -0.2) is 12.1 Å². The summed E-state index contributed by atoms with van der Waals surface area (Å²) in [4.78, 5) is 4.20. The van der Waals surface area contributed by atoms with E-state index in [1.807, 2.05) is 18.2 Å². The van der Waals surface area contributed by atoms with Crippen LogP contribution in [0.1, 0.15) is 0 Å². The van der Waals surface area contributed by atoms with Crippen molar-refractivity contribution in [1.29, 1.82) is 0 Å². The van der Waals surface area contributed by atoms with E-state index in [9.17, 15) is 0 Å². The van der Waals surface area contributed by atoms with E-state index in [0.717, 1.165) is 10.9 Å². The van der Waals surface area contributed by atoms with Crippen LogP contribution in [0.2, 0.25) is 0 Å². The topological polar surface area (TPSA) is 31.4 Å². The van der Waals surface area contributed by atoms with Crippen molar-refractivity contribution in [2.24, 2.45) is 0 Å². The van der Waals surface area contributed by atoms with Gasteiger partial charge in [-0.1, -0.05) is 6.20 Å². The fraction of sp³-hybridized carbons (Fsp3) is 0.182. The van der Waals surface area contributed by atoms with E-state index in [0.29, 0.717) is 11.5 Å². The van der Waals surface area contributed by atoms with Crippen LogP contribution in [0.4, 0.5) is 0 Å². The van der Waals surface area contributed by atoms with Gasteiger partial charge in [0.15, 0.2) is 11.5 Å². The summed E-state index contributed by atoms with van der Waals surface area (Å²) in [5, 5.41) is 0.991. The first-order valence-electron chi connectivity index (χ1n) is 4.23. The molecule has 72 valence electrons. The van der Waals surface area contributed by atoms with Crippen LogP contribution in [0.5, 0.6) is 11.5 Å². The van der Waals surface area contributed by atoms with Crippen LogP contribution >= 0.6 is 0 Å². The van der Waals surface area contributed by atoms with Crippen LogP contribution in [-0.4, -0.2) is 19.2 Å². The third-order valence-corrected chi connectivity index (χ3v) is 2.06. The minimum Gasteiger partial charge on any atom is -0.493 e. The standard InChI is InChI=1S/C11H10NO2.Li/c1-13-9-6-5-8-4-3-7-12-10(8)11(9)14-2;/h4-7H,1-2H3;/q-1;+1. The Balaban J connectivity index is 0.00000112. The molecule has 15 heavy (non-hydrogen) atoms. The van der Waals surface area contributed by atoms with Gasteiger partial charge in [-0.05, 0) is 6.07 Å². The molecular formula is C11H10LiNO2. The van der Waals surface area contributed by atoms with Crippen LogP contribution in [0, 0.1) is 6.07 Å². The molecule has 0 aliphatic heterocycles. The zero-order valence-corrected chi connectivity index (χ0v) is 9.07. The fourth-order valence-electron chi connectivity index (χ4n) is 1.40. The van der Waals surface area contributed by atoms with Gasteiger partial charge in [0.05, 0.1) is 14.2 Å². The first kappa shape index (κ1) is 11.9. The van der Waals surface area contributed by atoms with Gasteiger partial charge in [-0.15, -0.1) is 11.5 Å². The maximum atomic E-state index is 5.25. The Labute approximate surface area is 101 Å². The quantitative estimate of drug-likeness (QED) is 0.457. The van der Waals surface area contributed by atoms with Gasteiger partial charge in [-0.2, -0.15) is 0 Å². The zero-order chi connectivity index (χ0) is 9.97. The van der Waals surface area contributed by atoms with Gasteiger partial charge in [0.25, 0.3) is 0 Å². The predicted molar refractivity (Wildman–Crippen MR) is 53.7 cm³/mol. The summed E-state index contributed by atoms with van der Waals surface area (Å²) in [5.41, 5.74) is 0.797. The molecule has 0 atom stereocenters. The van der Waals surface area contributed by atoms with E-state index >= 15 is 0 Å². The Kier molecular flexibility index (Phi) is 4.02. The maximum absolute atomic E-state index is 5.25. The SMILES string of the molecule is COc1ccc2c[c-]cnc2c1OC.[Li+]. The van der Waals surface area contributed by atoms with E-state index in [-0.39, 0.29) is 18.9 Å². The summed E-state index contributed by atoms with van der Waals surface area (Å²) >= 11 is 0. The van der Waals surface area contributed by atoms with Crippen molar-refractivity contribution in [1.82, 2.24) is 4.98 Å². The molecule has 0 aliphatic rings. The van der Waals surface area contributed by atoms with Crippen molar-refractivity contribution in [3.63, 3.8) is 0 Å². The third kappa shape index (κ3) is 2.09. The largest absolute Gasteiger partial charge is 1.00 e. The Morgan fingerprint density at radius 1 is 1.20 bits per heavy atom. The molecule has 0 N–H and O–H groups in total. The van der Waals surface area contributed by atoms with Crippen LogP contribution < -0.4 is 28.3 Å². The second-order valence-corrected chi connectivity index (χ2v) is 2.81. The van der Waals surface area contributed by atoms with Crippen molar-refractivity contribution in [3.8, 4) is 11.5 Å². The molecule has 2 aromatic rings. The molecule has 3 nitrogen and oxygen atoms in total. The predicted octanol–water partition coefficient (Wildman–Crippen LogP) is -0.944. The fourth-order valence-corrected chi connectivity index (χ4v) is 1.40. The summed E-state index contributed by atoms with van der Waals surface area (Å²) in [5.74, 6) is 1.36. The summed E-state index contributed by atoms with van der Waals surface area (Å²) in [6.07, 6.45) is 1.62.